The fraction of sp³-hybridized carbons (Fsp3) is 0.917. The lowest BCUT2D eigenvalue weighted by atomic mass is 9.36. The van der Waals surface area contributed by atoms with E-state index in [4.69, 9.17) is 14.2 Å². The van der Waals surface area contributed by atoms with E-state index in [1.807, 2.05) is 0 Å². The molecule has 32 heavy (non-hydrogen) atoms. The highest BCUT2D eigenvalue weighted by Crippen LogP contribution is 2.78. The van der Waals surface area contributed by atoms with Crippen molar-refractivity contribution in [3.8, 4) is 0 Å². The molecule has 0 amide bonds. The summed E-state index contributed by atoms with van der Waals surface area (Å²) < 4.78 is 17.9. The van der Waals surface area contributed by atoms with Crippen molar-refractivity contribution in [2.45, 2.75) is 89.8 Å². The van der Waals surface area contributed by atoms with E-state index in [-0.39, 0.29) is 28.6 Å². The van der Waals surface area contributed by atoms with Crippen LogP contribution in [0.3, 0.4) is 0 Å². The summed E-state index contributed by atoms with van der Waals surface area (Å²) in [5.74, 6) is -3.59. The Kier molecular flexibility index (Phi) is 4.71. The molecule has 2 heterocycles. The predicted molar refractivity (Wildman–Crippen MR) is 111 cm³/mol. The van der Waals surface area contributed by atoms with Crippen molar-refractivity contribution in [1.29, 1.82) is 0 Å². The third-order valence-corrected chi connectivity index (χ3v) is 10.0. The van der Waals surface area contributed by atoms with Gasteiger partial charge in [0.1, 0.15) is 11.7 Å². The summed E-state index contributed by atoms with van der Waals surface area (Å²) in [6.45, 7) is 6.69. The van der Waals surface area contributed by atoms with E-state index in [0.29, 0.717) is 19.4 Å². The summed E-state index contributed by atoms with van der Waals surface area (Å²) >= 11 is 0. The smallest absolute Gasteiger partial charge is 0.303 e. The highest BCUT2D eigenvalue weighted by Gasteiger charge is 2.86. The molecule has 0 unspecified atom stereocenters. The summed E-state index contributed by atoms with van der Waals surface area (Å²) in [5.41, 5.74) is -3.43. The van der Waals surface area contributed by atoms with E-state index in [0.717, 1.165) is 25.7 Å². The largest absolute Gasteiger partial charge is 0.459 e. The summed E-state index contributed by atoms with van der Waals surface area (Å²) in [6.07, 6.45) is 2.44. The lowest BCUT2D eigenvalue weighted by Gasteiger charge is -2.74. The SMILES string of the molecule is CC(=O)O[C@H]1[C@](O)(CO)[C@@H]2CC[C@H]3[C@]45CCCC(C)(C)[C@H]4[C@H](OC(C)=O)[C@@](O)(OC5)[C@]13C2. The molecule has 6 aliphatic rings. The number of ether oxygens (including phenoxy) is 3. The first kappa shape index (κ1) is 22.6. The highest BCUT2D eigenvalue weighted by molar-refractivity contribution is 5.67. The maximum absolute atomic E-state index is 12.4. The van der Waals surface area contributed by atoms with Gasteiger partial charge in [-0.2, -0.15) is 0 Å². The van der Waals surface area contributed by atoms with Crippen molar-refractivity contribution in [1.82, 2.24) is 0 Å². The third-order valence-electron chi connectivity index (χ3n) is 10.0. The van der Waals surface area contributed by atoms with E-state index >= 15 is 0 Å². The fourth-order valence-corrected chi connectivity index (χ4v) is 9.23. The molecule has 0 radical (unpaired) electrons. The van der Waals surface area contributed by atoms with Gasteiger partial charge in [-0.25, -0.2) is 0 Å². The minimum atomic E-state index is -1.93. The van der Waals surface area contributed by atoms with E-state index in [2.05, 4.69) is 13.8 Å². The normalized spacial score (nSPS) is 52.7. The van der Waals surface area contributed by atoms with Crippen LogP contribution in [0.1, 0.15) is 66.2 Å². The molecule has 0 aromatic carbocycles. The molecule has 180 valence electrons. The number of rotatable bonds is 3. The van der Waals surface area contributed by atoms with Crippen molar-refractivity contribution < 1.29 is 39.1 Å². The van der Waals surface area contributed by atoms with Gasteiger partial charge in [-0.1, -0.05) is 20.3 Å². The maximum Gasteiger partial charge on any atom is 0.303 e. The van der Waals surface area contributed by atoms with Crippen molar-refractivity contribution >= 4 is 11.9 Å². The van der Waals surface area contributed by atoms with Gasteiger partial charge in [-0.15, -0.1) is 0 Å². The van der Waals surface area contributed by atoms with Crippen molar-refractivity contribution in [2.24, 2.45) is 34.0 Å². The number of esters is 2. The topological polar surface area (TPSA) is 123 Å². The monoisotopic (exact) mass is 452 g/mol. The molecule has 3 N–H and O–H groups in total. The van der Waals surface area contributed by atoms with Crippen LogP contribution >= 0.6 is 0 Å². The zero-order valence-electron chi connectivity index (χ0n) is 19.4. The number of hydrogen-bond donors (Lipinski definition) is 3. The van der Waals surface area contributed by atoms with Gasteiger partial charge in [0.2, 0.25) is 5.79 Å². The van der Waals surface area contributed by atoms with Crippen LogP contribution in [0.25, 0.3) is 0 Å². The Labute approximate surface area is 188 Å². The number of fused-ring (bicyclic) bond motifs is 2. The maximum atomic E-state index is 12.4. The molecule has 4 bridgehead atoms. The molecule has 9 atom stereocenters. The standard InChI is InChI=1S/C24H36O8/c1-13(26)31-18-17-20(3,4)8-5-9-21(17)12-30-24(18,29)22-10-15(6-7-16(21)22)23(28,11-25)19(22)32-14(2)27/h15-19,25,28-29H,5-12H2,1-4H3/t15-,16+,17-,18+,19-,21-,22+,23+,24-/m1/s1. The molecule has 2 saturated heterocycles. The molecule has 0 aromatic heterocycles. The lowest BCUT2D eigenvalue weighted by Crippen LogP contribution is -2.83. The van der Waals surface area contributed by atoms with Gasteiger partial charge in [0.15, 0.2) is 6.10 Å². The Morgan fingerprint density at radius 3 is 2.38 bits per heavy atom. The second-order valence-corrected chi connectivity index (χ2v) is 11.8. The number of aliphatic hydroxyl groups is 3. The average Bonchev–Trinajstić information content (AvgIpc) is 2.88. The average molecular weight is 453 g/mol. The second-order valence-electron chi connectivity index (χ2n) is 11.8. The summed E-state index contributed by atoms with van der Waals surface area (Å²) in [7, 11) is 0. The van der Waals surface area contributed by atoms with E-state index < -0.39 is 47.6 Å². The van der Waals surface area contributed by atoms with Crippen LogP contribution < -0.4 is 0 Å². The summed E-state index contributed by atoms with van der Waals surface area (Å²) in [6, 6.07) is 0. The number of carbonyl (C=O) groups is 2. The summed E-state index contributed by atoms with van der Waals surface area (Å²) in [4.78, 5) is 24.5. The zero-order valence-corrected chi connectivity index (χ0v) is 19.4. The molecule has 0 aromatic rings. The van der Waals surface area contributed by atoms with Crippen LogP contribution in [-0.2, 0) is 23.8 Å². The molecule has 8 heteroatoms. The van der Waals surface area contributed by atoms with Crippen LogP contribution in [0.5, 0.6) is 0 Å². The molecular formula is C24H36O8. The first-order chi connectivity index (χ1) is 14.9. The third kappa shape index (κ3) is 2.42. The number of hydrogen-bond acceptors (Lipinski definition) is 8. The molecular weight excluding hydrogens is 416 g/mol. The molecule has 2 aliphatic heterocycles. The number of carbonyl (C=O) groups excluding carboxylic acids is 2. The van der Waals surface area contributed by atoms with Crippen molar-refractivity contribution in [2.75, 3.05) is 13.2 Å². The van der Waals surface area contributed by atoms with E-state index in [9.17, 15) is 24.9 Å². The van der Waals surface area contributed by atoms with Crippen LogP contribution in [-0.4, -0.2) is 64.1 Å². The first-order valence-electron chi connectivity index (χ1n) is 11.9. The highest BCUT2D eigenvalue weighted by atomic mass is 16.7. The van der Waals surface area contributed by atoms with Gasteiger partial charge in [0.05, 0.1) is 18.6 Å². The Morgan fingerprint density at radius 1 is 1.06 bits per heavy atom. The second kappa shape index (κ2) is 6.68. The Balaban J connectivity index is 1.76. The Hall–Kier alpha value is -1.22. The zero-order chi connectivity index (χ0) is 23.3. The van der Waals surface area contributed by atoms with Crippen molar-refractivity contribution in [3.05, 3.63) is 0 Å². The molecule has 6 fully saturated rings. The number of aliphatic hydroxyl groups excluding tert-OH is 1. The van der Waals surface area contributed by atoms with Gasteiger partial charge in [0.25, 0.3) is 0 Å². The van der Waals surface area contributed by atoms with E-state index in [1.165, 1.54) is 13.8 Å². The van der Waals surface area contributed by atoms with Crippen LogP contribution in [0.4, 0.5) is 0 Å². The van der Waals surface area contributed by atoms with Gasteiger partial charge in [-0.3, -0.25) is 9.59 Å². The Bertz CT molecular complexity index is 842. The summed E-state index contributed by atoms with van der Waals surface area (Å²) in [5, 5.41) is 34.3. The first-order valence-corrected chi connectivity index (χ1v) is 11.9. The molecule has 4 saturated carbocycles. The van der Waals surface area contributed by atoms with Gasteiger partial charge in [0, 0.05) is 25.2 Å². The molecule has 8 nitrogen and oxygen atoms in total. The van der Waals surface area contributed by atoms with Crippen LogP contribution in [0.15, 0.2) is 0 Å². The predicted octanol–water partition coefficient (Wildman–Crippen LogP) is 1.53. The van der Waals surface area contributed by atoms with Crippen molar-refractivity contribution in [3.63, 3.8) is 0 Å². The van der Waals surface area contributed by atoms with Gasteiger partial charge < -0.3 is 29.5 Å². The van der Waals surface area contributed by atoms with Gasteiger partial charge >= 0.3 is 11.9 Å². The lowest BCUT2D eigenvalue weighted by molar-refractivity contribution is -0.458. The van der Waals surface area contributed by atoms with E-state index in [1.54, 1.807) is 0 Å². The molecule has 2 spiro atoms. The fourth-order valence-electron chi connectivity index (χ4n) is 9.23. The quantitative estimate of drug-likeness (QED) is 0.551. The van der Waals surface area contributed by atoms with Gasteiger partial charge in [-0.05, 0) is 49.4 Å². The minimum absolute atomic E-state index is 0.0914. The molecule has 6 rings (SSSR count). The minimum Gasteiger partial charge on any atom is -0.459 e. The molecule has 4 aliphatic carbocycles. The van der Waals surface area contributed by atoms with Crippen LogP contribution in [0.2, 0.25) is 0 Å². The van der Waals surface area contributed by atoms with Crippen LogP contribution in [0, 0.1) is 34.0 Å². The Morgan fingerprint density at radius 2 is 1.75 bits per heavy atom.